The highest BCUT2D eigenvalue weighted by molar-refractivity contribution is 6.16. The van der Waals surface area contributed by atoms with Gasteiger partial charge in [-0.05, 0) is 42.5 Å². The fourth-order valence-corrected chi connectivity index (χ4v) is 2.75. The maximum absolute atomic E-state index is 5.89. The highest BCUT2D eigenvalue weighted by Crippen LogP contribution is 2.38. The lowest BCUT2D eigenvalue weighted by Gasteiger charge is -2.10. The molecule has 4 rings (SSSR count). The number of rotatable bonds is 2. The minimum atomic E-state index is 0.795. The second kappa shape index (κ2) is 5.32. The van der Waals surface area contributed by atoms with E-state index in [0.29, 0.717) is 0 Å². The molecule has 0 bridgehead atoms. The van der Waals surface area contributed by atoms with Gasteiger partial charge in [0.15, 0.2) is 11.6 Å². The lowest BCUT2D eigenvalue weighted by molar-refractivity contribution is 0.415. The summed E-state index contributed by atoms with van der Waals surface area (Å²) < 4.78 is 11.2. The molecule has 0 atom stereocenters. The predicted molar refractivity (Wildman–Crippen MR) is 92.7 cm³/mol. The van der Waals surface area contributed by atoms with Gasteiger partial charge in [-0.1, -0.05) is 12.1 Å². The van der Waals surface area contributed by atoms with E-state index in [1.807, 2.05) is 72.8 Å². The van der Waals surface area contributed by atoms with Crippen molar-refractivity contribution in [2.24, 2.45) is 4.99 Å². The summed E-state index contributed by atoms with van der Waals surface area (Å²) in [6.45, 7) is 0. The number of benzene rings is 2. The van der Waals surface area contributed by atoms with Gasteiger partial charge in [0.2, 0.25) is 0 Å². The number of methoxy groups -OCH3 is 1. The molecule has 0 aliphatic carbocycles. The number of aliphatic imine (C=N–C) groups is 1. The topological polar surface area (TPSA) is 34.1 Å². The van der Waals surface area contributed by atoms with Crippen LogP contribution in [0.5, 0.6) is 11.5 Å². The van der Waals surface area contributed by atoms with Gasteiger partial charge < -0.3 is 14.4 Å². The summed E-state index contributed by atoms with van der Waals surface area (Å²) in [5, 5.41) is 0. The fourth-order valence-electron chi connectivity index (χ4n) is 2.75. The average molecular weight is 304 g/mol. The minimum Gasteiger partial charge on any atom is -0.497 e. The van der Waals surface area contributed by atoms with Gasteiger partial charge in [0, 0.05) is 24.4 Å². The van der Waals surface area contributed by atoms with Crippen LogP contribution in [0.15, 0.2) is 65.5 Å². The van der Waals surface area contributed by atoms with Crippen molar-refractivity contribution >= 4 is 23.2 Å². The molecule has 2 aromatic rings. The van der Waals surface area contributed by atoms with Crippen LogP contribution in [0, 0.1) is 0 Å². The van der Waals surface area contributed by atoms with Gasteiger partial charge in [-0.25, -0.2) is 0 Å². The van der Waals surface area contributed by atoms with Crippen molar-refractivity contribution in [3.05, 3.63) is 66.1 Å². The summed E-state index contributed by atoms with van der Waals surface area (Å²) in [4.78, 5) is 6.46. The standard InChI is InChI=1S/C19H16N2O2/c1-21-17-5-3-4-6-18(17)23-19(21)10-7-13-12-20-16-9-8-14(22-2)11-15(13)16/h3-12H,1-2H3/b13-7+,19-10+. The number of nitrogens with zero attached hydrogens (tertiary/aromatic N) is 2. The number of para-hydroxylation sites is 2. The van der Waals surface area contributed by atoms with E-state index in [2.05, 4.69) is 4.99 Å². The molecule has 2 aliphatic rings. The van der Waals surface area contributed by atoms with Crippen LogP contribution in [-0.2, 0) is 0 Å². The van der Waals surface area contributed by atoms with Crippen LogP contribution in [0.2, 0.25) is 0 Å². The lowest BCUT2D eigenvalue weighted by Crippen LogP contribution is -2.12. The first-order valence-electron chi connectivity index (χ1n) is 7.41. The average Bonchev–Trinajstić information content (AvgIpc) is 3.14. The van der Waals surface area contributed by atoms with Crippen LogP contribution < -0.4 is 14.4 Å². The van der Waals surface area contributed by atoms with Crippen LogP contribution in [-0.4, -0.2) is 20.4 Å². The summed E-state index contributed by atoms with van der Waals surface area (Å²) in [6, 6.07) is 13.9. The highest BCUT2D eigenvalue weighted by Gasteiger charge is 2.21. The zero-order chi connectivity index (χ0) is 15.8. The molecule has 4 nitrogen and oxygen atoms in total. The summed E-state index contributed by atoms with van der Waals surface area (Å²) in [5.41, 5.74) is 4.14. The Bertz CT molecular complexity index is 865. The number of allylic oxidation sites excluding steroid dienone is 3. The van der Waals surface area contributed by atoms with Gasteiger partial charge in [-0.3, -0.25) is 4.99 Å². The maximum atomic E-state index is 5.89. The van der Waals surface area contributed by atoms with Crippen molar-refractivity contribution in [3.63, 3.8) is 0 Å². The van der Waals surface area contributed by atoms with Gasteiger partial charge in [-0.15, -0.1) is 0 Å². The van der Waals surface area contributed by atoms with Crippen molar-refractivity contribution in [3.8, 4) is 11.5 Å². The van der Waals surface area contributed by atoms with E-state index in [1.165, 1.54) is 0 Å². The van der Waals surface area contributed by atoms with Crippen molar-refractivity contribution in [2.45, 2.75) is 0 Å². The fraction of sp³-hybridized carbons (Fsp3) is 0.105. The summed E-state index contributed by atoms with van der Waals surface area (Å²) in [6.07, 6.45) is 5.85. The molecule has 0 fully saturated rings. The summed E-state index contributed by atoms with van der Waals surface area (Å²) in [5.74, 6) is 2.50. The molecule has 0 amide bonds. The zero-order valence-corrected chi connectivity index (χ0v) is 13.0. The Kier molecular flexibility index (Phi) is 3.15. The Hall–Kier alpha value is -3.01. The zero-order valence-electron chi connectivity index (χ0n) is 13.0. The normalized spacial score (nSPS) is 18.3. The minimum absolute atomic E-state index is 0.795. The third-order valence-corrected chi connectivity index (χ3v) is 4.03. The molecule has 0 spiro atoms. The Morgan fingerprint density at radius 3 is 2.83 bits per heavy atom. The van der Waals surface area contributed by atoms with E-state index in [0.717, 1.165) is 39.9 Å². The number of fused-ring (bicyclic) bond motifs is 2. The quantitative estimate of drug-likeness (QED) is 0.835. The molecule has 0 unspecified atom stereocenters. The molecule has 0 N–H and O–H groups in total. The van der Waals surface area contributed by atoms with Crippen molar-refractivity contribution in [2.75, 3.05) is 19.1 Å². The Morgan fingerprint density at radius 1 is 1.13 bits per heavy atom. The summed E-state index contributed by atoms with van der Waals surface area (Å²) in [7, 11) is 3.66. The van der Waals surface area contributed by atoms with Gasteiger partial charge in [0.1, 0.15) is 5.75 Å². The van der Waals surface area contributed by atoms with Gasteiger partial charge in [0.05, 0.1) is 18.5 Å². The van der Waals surface area contributed by atoms with Crippen LogP contribution in [0.1, 0.15) is 5.56 Å². The number of hydrogen-bond acceptors (Lipinski definition) is 4. The second-order valence-electron chi connectivity index (χ2n) is 5.40. The molecule has 2 aromatic carbocycles. The first-order chi connectivity index (χ1) is 11.3. The van der Waals surface area contributed by atoms with E-state index < -0.39 is 0 Å². The van der Waals surface area contributed by atoms with Crippen LogP contribution >= 0.6 is 0 Å². The Labute approximate surface area is 135 Å². The molecular weight excluding hydrogens is 288 g/mol. The molecule has 23 heavy (non-hydrogen) atoms. The van der Waals surface area contributed by atoms with Crippen molar-refractivity contribution in [1.29, 1.82) is 0 Å². The van der Waals surface area contributed by atoms with E-state index in [4.69, 9.17) is 9.47 Å². The molecule has 0 saturated carbocycles. The van der Waals surface area contributed by atoms with E-state index in [-0.39, 0.29) is 0 Å². The molecule has 4 heteroatoms. The van der Waals surface area contributed by atoms with Crippen LogP contribution in [0.4, 0.5) is 11.4 Å². The van der Waals surface area contributed by atoms with Crippen molar-refractivity contribution < 1.29 is 9.47 Å². The SMILES string of the molecule is COc1ccc2c(c1)/C(=C/C=C1/Oc3ccccc3N1C)C=N2. The largest absolute Gasteiger partial charge is 0.497 e. The molecule has 0 saturated heterocycles. The Balaban J connectivity index is 1.66. The van der Waals surface area contributed by atoms with Gasteiger partial charge in [0.25, 0.3) is 0 Å². The smallest absolute Gasteiger partial charge is 0.200 e. The maximum Gasteiger partial charge on any atom is 0.200 e. The molecule has 2 heterocycles. The predicted octanol–water partition coefficient (Wildman–Crippen LogP) is 4.16. The van der Waals surface area contributed by atoms with Crippen molar-refractivity contribution in [1.82, 2.24) is 0 Å². The molecule has 2 aliphatic heterocycles. The first-order valence-corrected chi connectivity index (χ1v) is 7.41. The first kappa shape index (κ1) is 13.6. The molecular formula is C19H16N2O2. The van der Waals surface area contributed by atoms with E-state index >= 15 is 0 Å². The van der Waals surface area contributed by atoms with E-state index in [9.17, 15) is 0 Å². The second-order valence-corrected chi connectivity index (χ2v) is 5.40. The summed E-state index contributed by atoms with van der Waals surface area (Å²) >= 11 is 0. The number of ether oxygens (including phenoxy) is 2. The number of hydrogen-bond donors (Lipinski definition) is 0. The number of anilines is 1. The third kappa shape index (κ3) is 2.28. The lowest BCUT2D eigenvalue weighted by atomic mass is 10.1. The van der Waals surface area contributed by atoms with Gasteiger partial charge >= 0.3 is 0 Å². The highest BCUT2D eigenvalue weighted by atomic mass is 16.5. The van der Waals surface area contributed by atoms with Gasteiger partial charge in [-0.2, -0.15) is 0 Å². The molecule has 114 valence electrons. The van der Waals surface area contributed by atoms with E-state index in [1.54, 1.807) is 7.11 Å². The van der Waals surface area contributed by atoms with Crippen LogP contribution in [0.3, 0.4) is 0 Å². The van der Waals surface area contributed by atoms with Crippen LogP contribution in [0.25, 0.3) is 5.57 Å². The molecule has 0 aromatic heterocycles. The molecule has 0 radical (unpaired) electrons. The third-order valence-electron chi connectivity index (χ3n) is 4.03. The monoisotopic (exact) mass is 304 g/mol. The Morgan fingerprint density at radius 2 is 2.00 bits per heavy atom.